The van der Waals surface area contributed by atoms with E-state index < -0.39 is 17.3 Å². The number of pyridine rings is 1. The SMILES string of the molecule is Cc1cc(N2CCN(c3cnn(-c4ccc(C(F)(F)F)cn4)c(=O)c3Cl)CC2)nc(C(C)C)n1. The second kappa shape index (κ2) is 9.21. The molecular weight excluding hydrogens is 471 g/mol. The van der Waals surface area contributed by atoms with E-state index in [1.165, 1.54) is 6.20 Å². The number of halogens is 4. The summed E-state index contributed by atoms with van der Waals surface area (Å²) in [5.74, 6) is 1.83. The van der Waals surface area contributed by atoms with Gasteiger partial charge in [0.15, 0.2) is 5.82 Å². The van der Waals surface area contributed by atoms with Crippen LogP contribution >= 0.6 is 11.6 Å². The number of piperazine rings is 1. The molecule has 0 bridgehead atoms. The summed E-state index contributed by atoms with van der Waals surface area (Å²) in [6.07, 6.45) is -2.43. The molecule has 180 valence electrons. The van der Waals surface area contributed by atoms with E-state index >= 15 is 0 Å². The van der Waals surface area contributed by atoms with Crippen molar-refractivity contribution < 1.29 is 13.2 Å². The second-order valence-electron chi connectivity index (χ2n) is 8.32. The van der Waals surface area contributed by atoms with Gasteiger partial charge < -0.3 is 9.80 Å². The van der Waals surface area contributed by atoms with E-state index in [0.717, 1.165) is 34.2 Å². The lowest BCUT2D eigenvalue weighted by molar-refractivity contribution is -0.137. The first kappa shape index (κ1) is 23.9. The topological polar surface area (TPSA) is 80.0 Å². The molecule has 12 heteroatoms. The third-order valence-corrected chi connectivity index (χ3v) is 5.87. The van der Waals surface area contributed by atoms with Crippen molar-refractivity contribution >= 4 is 23.1 Å². The number of rotatable bonds is 4. The van der Waals surface area contributed by atoms with Crippen molar-refractivity contribution in [3.63, 3.8) is 0 Å². The van der Waals surface area contributed by atoms with Crippen molar-refractivity contribution in [3.8, 4) is 5.82 Å². The molecule has 1 saturated heterocycles. The molecule has 0 aromatic carbocycles. The zero-order valence-electron chi connectivity index (χ0n) is 18.8. The van der Waals surface area contributed by atoms with Crippen molar-refractivity contribution in [1.29, 1.82) is 0 Å². The molecule has 34 heavy (non-hydrogen) atoms. The highest BCUT2D eigenvalue weighted by Crippen LogP contribution is 2.29. The number of aryl methyl sites for hydroxylation is 1. The van der Waals surface area contributed by atoms with Gasteiger partial charge in [0.1, 0.15) is 16.7 Å². The molecule has 0 N–H and O–H groups in total. The molecule has 8 nitrogen and oxygen atoms in total. The van der Waals surface area contributed by atoms with Crippen LogP contribution in [0.2, 0.25) is 5.02 Å². The molecule has 4 heterocycles. The second-order valence-corrected chi connectivity index (χ2v) is 8.70. The van der Waals surface area contributed by atoms with Crippen LogP contribution in [0.4, 0.5) is 24.7 Å². The standard InChI is InChI=1S/C22H23ClF3N7O/c1-13(2)20-29-14(3)10-18(30-20)32-8-6-31(7-9-32)16-12-28-33(21(34)19(16)23)17-5-4-15(11-27-17)22(24,25)26/h4-5,10-13H,6-9H2,1-3H3. The van der Waals surface area contributed by atoms with E-state index in [-0.39, 0.29) is 16.8 Å². The Balaban J connectivity index is 1.51. The molecule has 3 aromatic heterocycles. The Hall–Kier alpha value is -3.21. The van der Waals surface area contributed by atoms with Crippen LogP contribution in [0.25, 0.3) is 5.82 Å². The first-order chi connectivity index (χ1) is 16.0. The van der Waals surface area contributed by atoms with Gasteiger partial charge in [-0.05, 0) is 19.1 Å². The fraction of sp³-hybridized carbons (Fsp3) is 0.409. The predicted molar refractivity (Wildman–Crippen MR) is 123 cm³/mol. The largest absolute Gasteiger partial charge is 0.417 e. The monoisotopic (exact) mass is 493 g/mol. The lowest BCUT2D eigenvalue weighted by atomic mass is 10.2. The summed E-state index contributed by atoms with van der Waals surface area (Å²) in [6.45, 7) is 8.54. The Morgan fingerprint density at radius 1 is 1.00 bits per heavy atom. The van der Waals surface area contributed by atoms with Crippen molar-refractivity contribution in [2.24, 2.45) is 0 Å². The van der Waals surface area contributed by atoms with Gasteiger partial charge in [0.2, 0.25) is 0 Å². The average Bonchev–Trinajstić information content (AvgIpc) is 2.80. The molecule has 3 aromatic rings. The molecular formula is C22H23ClF3N7O. The first-order valence-electron chi connectivity index (χ1n) is 10.7. The van der Waals surface area contributed by atoms with Crippen LogP contribution in [0.15, 0.2) is 35.4 Å². The van der Waals surface area contributed by atoms with Gasteiger partial charge in [0, 0.05) is 50.1 Å². The molecule has 0 spiro atoms. The maximum Gasteiger partial charge on any atom is 0.417 e. The van der Waals surface area contributed by atoms with Crippen LogP contribution in [0.1, 0.15) is 36.8 Å². The fourth-order valence-electron chi connectivity index (χ4n) is 3.66. The number of alkyl halides is 3. The number of anilines is 2. The summed E-state index contributed by atoms with van der Waals surface area (Å²) >= 11 is 6.36. The van der Waals surface area contributed by atoms with Gasteiger partial charge in [-0.1, -0.05) is 25.4 Å². The van der Waals surface area contributed by atoms with Crippen molar-refractivity contribution in [1.82, 2.24) is 24.7 Å². The summed E-state index contributed by atoms with van der Waals surface area (Å²) in [5.41, 5.74) is -0.189. The van der Waals surface area contributed by atoms with Gasteiger partial charge in [-0.15, -0.1) is 0 Å². The van der Waals surface area contributed by atoms with Gasteiger partial charge in [0.25, 0.3) is 5.56 Å². The van der Waals surface area contributed by atoms with Crippen LogP contribution in [0.5, 0.6) is 0 Å². The quantitative estimate of drug-likeness (QED) is 0.546. The third kappa shape index (κ3) is 4.84. The summed E-state index contributed by atoms with van der Waals surface area (Å²) in [5, 5.41) is 4.03. The summed E-state index contributed by atoms with van der Waals surface area (Å²) in [4.78, 5) is 29.8. The summed E-state index contributed by atoms with van der Waals surface area (Å²) in [6, 6.07) is 3.88. The normalized spacial score (nSPS) is 14.7. The van der Waals surface area contributed by atoms with Gasteiger partial charge in [-0.2, -0.15) is 23.0 Å². The Morgan fingerprint density at radius 3 is 2.26 bits per heavy atom. The maximum atomic E-state index is 12.8. The molecule has 0 saturated carbocycles. The van der Waals surface area contributed by atoms with Crippen LogP contribution in [-0.4, -0.2) is 50.9 Å². The minimum absolute atomic E-state index is 0.0450. The number of hydrogen-bond acceptors (Lipinski definition) is 7. The number of hydrogen-bond donors (Lipinski definition) is 0. The summed E-state index contributed by atoms with van der Waals surface area (Å²) in [7, 11) is 0. The summed E-state index contributed by atoms with van der Waals surface area (Å²) < 4.78 is 39.2. The van der Waals surface area contributed by atoms with E-state index in [1.807, 2.05) is 31.7 Å². The molecule has 1 fully saturated rings. The lowest BCUT2D eigenvalue weighted by Gasteiger charge is -2.37. The zero-order valence-corrected chi connectivity index (χ0v) is 19.6. The third-order valence-electron chi connectivity index (χ3n) is 5.51. The Kier molecular flexibility index (Phi) is 6.48. The minimum atomic E-state index is -4.52. The van der Waals surface area contributed by atoms with E-state index in [9.17, 15) is 18.0 Å². The van der Waals surface area contributed by atoms with E-state index in [1.54, 1.807) is 0 Å². The van der Waals surface area contributed by atoms with Crippen LogP contribution in [-0.2, 0) is 6.18 Å². The molecule has 0 atom stereocenters. The molecule has 0 radical (unpaired) electrons. The maximum absolute atomic E-state index is 12.8. The highest BCUT2D eigenvalue weighted by molar-refractivity contribution is 6.33. The minimum Gasteiger partial charge on any atom is -0.365 e. The fourth-order valence-corrected chi connectivity index (χ4v) is 3.91. The predicted octanol–water partition coefficient (Wildman–Crippen LogP) is 3.85. The van der Waals surface area contributed by atoms with Gasteiger partial charge in [0.05, 0.1) is 17.4 Å². The van der Waals surface area contributed by atoms with Crippen LogP contribution in [0, 0.1) is 6.92 Å². The Morgan fingerprint density at radius 2 is 1.68 bits per heavy atom. The molecule has 1 aliphatic heterocycles. The molecule has 0 amide bonds. The van der Waals surface area contributed by atoms with Crippen LogP contribution in [0.3, 0.4) is 0 Å². The van der Waals surface area contributed by atoms with Gasteiger partial charge >= 0.3 is 6.18 Å². The Labute approximate surface area is 199 Å². The van der Waals surface area contributed by atoms with Crippen LogP contribution < -0.4 is 15.4 Å². The molecule has 0 aliphatic carbocycles. The first-order valence-corrected chi connectivity index (χ1v) is 11.1. The number of nitrogens with zero attached hydrogens (tertiary/aromatic N) is 7. The number of aromatic nitrogens is 5. The van der Waals surface area contributed by atoms with E-state index in [0.29, 0.717) is 38.1 Å². The highest BCUT2D eigenvalue weighted by atomic mass is 35.5. The van der Waals surface area contributed by atoms with Gasteiger partial charge in [-0.25, -0.2) is 15.0 Å². The van der Waals surface area contributed by atoms with Crippen molar-refractivity contribution in [2.45, 2.75) is 32.9 Å². The van der Waals surface area contributed by atoms with Gasteiger partial charge in [-0.3, -0.25) is 4.79 Å². The highest BCUT2D eigenvalue weighted by Gasteiger charge is 2.31. The smallest absolute Gasteiger partial charge is 0.365 e. The van der Waals surface area contributed by atoms with E-state index in [2.05, 4.69) is 25.0 Å². The van der Waals surface area contributed by atoms with Crippen molar-refractivity contribution in [2.75, 3.05) is 36.0 Å². The molecule has 0 unspecified atom stereocenters. The average molecular weight is 494 g/mol. The molecule has 4 rings (SSSR count). The van der Waals surface area contributed by atoms with E-state index in [4.69, 9.17) is 11.6 Å². The Bertz CT molecular complexity index is 1240. The zero-order chi connectivity index (χ0) is 24.6. The molecule has 1 aliphatic rings. The van der Waals surface area contributed by atoms with Crippen molar-refractivity contribution in [3.05, 3.63) is 63.1 Å². The lowest BCUT2D eigenvalue weighted by Crippen LogP contribution is -2.47.